The fourth-order valence-electron chi connectivity index (χ4n) is 1.44. The van der Waals surface area contributed by atoms with Crippen LogP contribution in [-0.4, -0.2) is 13.7 Å². The molecule has 1 aromatic carbocycles. The van der Waals surface area contributed by atoms with Gasteiger partial charge in [0.2, 0.25) is 10.0 Å². The molecule has 0 bridgehead atoms. The number of nitrogens with two attached hydrogens (primary N) is 2. The first-order valence-corrected chi connectivity index (χ1v) is 8.15. The van der Waals surface area contributed by atoms with E-state index in [9.17, 15) is 8.42 Å². The minimum Gasteiger partial charge on any atom is -0.399 e. The molecule has 0 radical (unpaired) electrons. The van der Waals surface area contributed by atoms with E-state index in [1.807, 2.05) is 0 Å². The van der Waals surface area contributed by atoms with E-state index in [1.54, 1.807) is 24.8 Å². The molecule has 1 aromatic rings. The third-order valence-electron chi connectivity index (χ3n) is 2.89. The monoisotopic (exact) mass is 288 g/mol. The predicted octanol–water partition coefficient (Wildman–Crippen LogP) is 2.36. The van der Waals surface area contributed by atoms with Crippen molar-refractivity contribution in [1.82, 2.24) is 0 Å². The lowest BCUT2D eigenvalue weighted by molar-refractivity contribution is 0.597. The second kappa shape index (κ2) is 5.50. The van der Waals surface area contributed by atoms with Crippen LogP contribution in [0.15, 0.2) is 21.9 Å². The third-order valence-corrected chi connectivity index (χ3v) is 5.52. The van der Waals surface area contributed by atoms with Gasteiger partial charge in [-0.1, -0.05) is 20.8 Å². The summed E-state index contributed by atoms with van der Waals surface area (Å²) in [4.78, 5) is 0.987. The third kappa shape index (κ3) is 3.63. The molecule has 0 fully saturated rings. The lowest BCUT2D eigenvalue weighted by atomic mass is 10.2. The van der Waals surface area contributed by atoms with Gasteiger partial charge in [0, 0.05) is 15.8 Å². The molecule has 0 aliphatic heterocycles. The first-order valence-electron chi connectivity index (χ1n) is 5.72. The number of anilines is 1. The van der Waals surface area contributed by atoms with E-state index in [1.165, 1.54) is 6.07 Å². The fourth-order valence-corrected chi connectivity index (χ4v) is 3.50. The number of nitrogen functional groups attached to an aromatic ring is 1. The van der Waals surface area contributed by atoms with E-state index in [0.29, 0.717) is 22.4 Å². The van der Waals surface area contributed by atoms with Gasteiger partial charge < -0.3 is 5.73 Å². The molecular formula is C12H20N2O2S2. The number of thioether (sulfide) groups is 1. The Morgan fingerprint density at radius 2 is 1.78 bits per heavy atom. The van der Waals surface area contributed by atoms with Crippen LogP contribution < -0.4 is 10.9 Å². The van der Waals surface area contributed by atoms with Crippen LogP contribution in [0.3, 0.4) is 0 Å². The number of sulfonamides is 1. The van der Waals surface area contributed by atoms with Crippen molar-refractivity contribution >= 4 is 27.5 Å². The van der Waals surface area contributed by atoms with Crippen molar-refractivity contribution in [2.45, 2.75) is 42.7 Å². The molecule has 1 atom stereocenters. The van der Waals surface area contributed by atoms with Gasteiger partial charge >= 0.3 is 0 Å². The highest BCUT2D eigenvalue weighted by Gasteiger charge is 2.18. The molecule has 0 spiro atoms. The van der Waals surface area contributed by atoms with Gasteiger partial charge in [-0.15, -0.1) is 11.8 Å². The van der Waals surface area contributed by atoms with Gasteiger partial charge in [0.15, 0.2) is 0 Å². The Morgan fingerprint density at radius 3 is 2.22 bits per heavy atom. The van der Waals surface area contributed by atoms with E-state index in [-0.39, 0.29) is 4.90 Å². The van der Waals surface area contributed by atoms with Crippen LogP contribution >= 0.6 is 11.8 Å². The van der Waals surface area contributed by atoms with Gasteiger partial charge in [-0.05, 0) is 30.5 Å². The van der Waals surface area contributed by atoms with Crippen molar-refractivity contribution in [3.63, 3.8) is 0 Å². The Hall–Kier alpha value is -0.720. The Morgan fingerprint density at radius 1 is 1.22 bits per heavy atom. The summed E-state index contributed by atoms with van der Waals surface area (Å²) in [5.41, 5.74) is 6.83. The molecule has 0 saturated carbocycles. The average Bonchev–Trinajstić information content (AvgIpc) is 2.21. The molecule has 0 aliphatic carbocycles. The highest BCUT2D eigenvalue weighted by molar-refractivity contribution is 8.00. The molecule has 0 amide bonds. The highest BCUT2D eigenvalue weighted by Crippen LogP contribution is 2.34. The molecule has 0 saturated heterocycles. The zero-order valence-electron chi connectivity index (χ0n) is 11.1. The molecule has 4 N–H and O–H groups in total. The maximum absolute atomic E-state index is 11.5. The molecule has 1 unspecified atom stereocenters. The van der Waals surface area contributed by atoms with E-state index < -0.39 is 10.0 Å². The molecule has 0 aromatic heterocycles. The molecule has 102 valence electrons. The summed E-state index contributed by atoms with van der Waals surface area (Å²) in [6.45, 7) is 8.11. The molecule has 1 rings (SSSR count). The maximum atomic E-state index is 11.5. The van der Waals surface area contributed by atoms with Crippen molar-refractivity contribution < 1.29 is 8.42 Å². The molecule has 0 aliphatic rings. The lowest BCUT2D eigenvalue weighted by Crippen LogP contribution is -2.15. The normalized spacial score (nSPS) is 13.9. The topological polar surface area (TPSA) is 86.2 Å². The van der Waals surface area contributed by atoms with E-state index in [2.05, 4.69) is 20.8 Å². The van der Waals surface area contributed by atoms with Crippen LogP contribution in [0.2, 0.25) is 0 Å². The quantitative estimate of drug-likeness (QED) is 0.658. The fraction of sp³-hybridized carbons (Fsp3) is 0.500. The zero-order chi connectivity index (χ0) is 14.1. The largest absolute Gasteiger partial charge is 0.399 e. The molecule has 0 heterocycles. The second-order valence-electron chi connectivity index (χ2n) is 4.75. The Labute approximate surface area is 113 Å². The summed E-state index contributed by atoms with van der Waals surface area (Å²) in [6, 6.07) is 3.21. The number of rotatable bonds is 4. The van der Waals surface area contributed by atoms with E-state index in [4.69, 9.17) is 10.9 Å². The number of benzene rings is 1. The van der Waals surface area contributed by atoms with Crippen molar-refractivity contribution in [1.29, 1.82) is 0 Å². The molecule has 4 nitrogen and oxygen atoms in total. The summed E-state index contributed by atoms with van der Waals surface area (Å²) in [5, 5.41) is 5.57. The second-order valence-corrected chi connectivity index (χ2v) is 7.70. The summed E-state index contributed by atoms with van der Waals surface area (Å²) in [7, 11) is -3.73. The molecular weight excluding hydrogens is 268 g/mol. The number of hydrogen-bond acceptors (Lipinski definition) is 4. The average molecular weight is 288 g/mol. The SMILES string of the molecule is Cc1c(SC(C)C(C)C)cc(N)cc1S(N)(=O)=O. The van der Waals surface area contributed by atoms with Crippen LogP contribution in [0.25, 0.3) is 0 Å². The predicted molar refractivity (Wildman–Crippen MR) is 77.1 cm³/mol. The number of primary sulfonamides is 1. The van der Waals surface area contributed by atoms with Crippen LogP contribution in [0.5, 0.6) is 0 Å². The lowest BCUT2D eigenvalue weighted by Gasteiger charge is -2.18. The minimum absolute atomic E-state index is 0.112. The van der Waals surface area contributed by atoms with Gasteiger partial charge in [0.25, 0.3) is 0 Å². The van der Waals surface area contributed by atoms with Crippen molar-refractivity contribution in [3.8, 4) is 0 Å². The summed E-state index contributed by atoms with van der Waals surface area (Å²) in [6.07, 6.45) is 0. The van der Waals surface area contributed by atoms with Gasteiger partial charge in [0.1, 0.15) is 0 Å². The van der Waals surface area contributed by atoms with Gasteiger partial charge in [-0.25, -0.2) is 13.6 Å². The van der Waals surface area contributed by atoms with Gasteiger partial charge in [0.05, 0.1) is 4.90 Å². The first kappa shape index (κ1) is 15.3. The maximum Gasteiger partial charge on any atom is 0.238 e. The standard InChI is InChI=1S/C12H20N2O2S2/c1-7(2)9(4)17-11-5-10(13)6-12(8(11)3)18(14,15)16/h5-7,9H,13H2,1-4H3,(H2,14,15,16). The van der Waals surface area contributed by atoms with Gasteiger partial charge in [-0.2, -0.15) is 0 Å². The van der Waals surface area contributed by atoms with Crippen molar-refractivity contribution in [2.75, 3.05) is 5.73 Å². The van der Waals surface area contributed by atoms with Crippen LogP contribution in [0.4, 0.5) is 5.69 Å². The minimum atomic E-state index is -3.73. The van der Waals surface area contributed by atoms with Gasteiger partial charge in [-0.3, -0.25) is 0 Å². The Balaban J connectivity index is 3.26. The smallest absolute Gasteiger partial charge is 0.238 e. The Kier molecular flexibility index (Phi) is 4.69. The highest BCUT2D eigenvalue weighted by atomic mass is 32.2. The molecule has 18 heavy (non-hydrogen) atoms. The van der Waals surface area contributed by atoms with Crippen molar-refractivity contribution in [3.05, 3.63) is 17.7 Å². The first-order chi connectivity index (χ1) is 8.12. The number of hydrogen-bond donors (Lipinski definition) is 2. The Bertz CT molecular complexity index is 539. The summed E-state index contributed by atoms with van der Waals surface area (Å²) < 4.78 is 23.0. The van der Waals surface area contributed by atoms with Crippen molar-refractivity contribution in [2.24, 2.45) is 11.1 Å². The van der Waals surface area contributed by atoms with E-state index >= 15 is 0 Å². The summed E-state index contributed by atoms with van der Waals surface area (Å²) in [5.74, 6) is 0.494. The van der Waals surface area contributed by atoms with Crippen LogP contribution in [-0.2, 0) is 10.0 Å². The summed E-state index contributed by atoms with van der Waals surface area (Å²) >= 11 is 1.62. The zero-order valence-corrected chi connectivity index (χ0v) is 12.7. The van der Waals surface area contributed by atoms with Crippen LogP contribution in [0, 0.1) is 12.8 Å². The molecule has 6 heteroatoms. The van der Waals surface area contributed by atoms with E-state index in [0.717, 1.165) is 4.90 Å². The van der Waals surface area contributed by atoms with Crippen LogP contribution in [0.1, 0.15) is 26.3 Å².